The number of ether oxygens (including phenoxy) is 1. The van der Waals surface area contributed by atoms with E-state index in [1.54, 1.807) is 38.1 Å². The van der Waals surface area contributed by atoms with Crippen molar-refractivity contribution in [1.82, 2.24) is 4.90 Å². The van der Waals surface area contributed by atoms with Crippen molar-refractivity contribution in [1.29, 1.82) is 0 Å². The van der Waals surface area contributed by atoms with Crippen LogP contribution in [0.5, 0.6) is 0 Å². The van der Waals surface area contributed by atoms with Crippen molar-refractivity contribution in [2.75, 3.05) is 11.9 Å². The van der Waals surface area contributed by atoms with Gasteiger partial charge in [0, 0.05) is 22.0 Å². The van der Waals surface area contributed by atoms with E-state index in [0.29, 0.717) is 5.69 Å². The minimum atomic E-state index is -1.12. The number of carbonyl (C=O) groups excluding carboxylic acids is 4. The van der Waals surface area contributed by atoms with Gasteiger partial charge in [-0.1, -0.05) is 78.3 Å². The lowest BCUT2D eigenvalue weighted by Crippen LogP contribution is -2.49. The van der Waals surface area contributed by atoms with E-state index >= 15 is 0 Å². The number of carbonyl (C=O) groups is 4. The summed E-state index contributed by atoms with van der Waals surface area (Å²) in [5.74, 6) is -4.04. The van der Waals surface area contributed by atoms with E-state index in [2.05, 4.69) is 21.2 Å². The fraction of sp³-hybridized carbons (Fsp3) is 0.290. The number of benzene rings is 3. The largest absolute Gasteiger partial charge is 0.454 e. The van der Waals surface area contributed by atoms with Gasteiger partial charge in [0.05, 0.1) is 11.8 Å². The number of nitrogens with one attached hydrogen (secondary N) is 1. The maximum absolute atomic E-state index is 14.0. The molecule has 0 radical (unpaired) electrons. The Morgan fingerprint density at radius 2 is 1.28 bits per heavy atom. The maximum Gasteiger partial charge on any atom is 0.330 e. The zero-order chi connectivity index (χ0) is 27.4. The number of nitrogens with zero attached hydrogens (tertiary/aromatic N) is 1. The molecule has 1 saturated heterocycles. The van der Waals surface area contributed by atoms with Gasteiger partial charge < -0.3 is 10.1 Å². The predicted molar refractivity (Wildman–Crippen MR) is 148 cm³/mol. The molecule has 0 unspecified atom stereocenters. The Morgan fingerprint density at radius 3 is 1.72 bits per heavy atom. The molecule has 7 nitrogen and oxygen atoms in total. The Labute approximate surface area is 234 Å². The number of likely N-dealkylation sites (tertiary alicyclic amines) is 1. The van der Waals surface area contributed by atoms with Crippen LogP contribution >= 0.6 is 15.9 Å². The number of amides is 3. The molecule has 3 atom stereocenters. The zero-order valence-corrected chi connectivity index (χ0v) is 23.1. The molecular weight excluding hydrogens is 560 g/mol. The van der Waals surface area contributed by atoms with Crippen LogP contribution in [0.4, 0.5) is 5.69 Å². The van der Waals surface area contributed by atoms with Gasteiger partial charge in [-0.3, -0.25) is 19.3 Å². The first kappa shape index (κ1) is 25.5. The van der Waals surface area contributed by atoms with Crippen molar-refractivity contribution >= 4 is 45.3 Å². The molecule has 4 aliphatic rings. The minimum Gasteiger partial charge on any atom is -0.454 e. The van der Waals surface area contributed by atoms with Crippen LogP contribution < -0.4 is 5.32 Å². The van der Waals surface area contributed by atoms with Crippen LogP contribution in [0.15, 0.2) is 77.3 Å². The Bertz CT molecular complexity index is 1390. The molecule has 8 heteroatoms. The predicted octanol–water partition coefficient (Wildman–Crippen LogP) is 4.85. The molecule has 1 heterocycles. The first-order valence-electron chi connectivity index (χ1n) is 13.0. The first-order valence-corrected chi connectivity index (χ1v) is 13.8. The number of anilines is 1. The third kappa shape index (κ3) is 4.09. The standard InChI is InChI=1S/C31H27BrN2O5/c1-16(2)28(31(38)39-15-23(35)33-18-13-11-17(32)12-14-18)34-29(36)26-24-19-7-3-4-8-20(19)25(27(26)30(34)37)22-10-6-5-9-21(22)24/h3-14,16,24-28H,15H2,1-2H3,(H,33,35)/t24?,25?,26-,27+,28-/m1/s1. The summed E-state index contributed by atoms with van der Waals surface area (Å²) in [6.07, 6.45) is 0. The number of hydrogen-bond acceptors (Lipinski definition) is 5. The van der Waals surface area contributed by atoms with Crippen molar-refractivity contribution < 1.29 is 23.9 Å². The summed E-state index contributed by atoms with van der Waals surface area (Å²) in [4.78, 5) is 55.0. The SMILES string of the molecule is CC(C)[C@H](C(=O)OCC(=O)Nc1ccc(Br)cc1)N1C(=O)[C@@H]2C3c4ccccc4C(c4ccccc43)[C@@H]2C1=O. The van der Waals surface area contributed by atoms with Crippen molar-refractivity contribution in [3.05, 3.63) is 99.5 Å². The van der Waals surface area contributed by atoms with E-state index in [1.807, 2.05) is 48.5 Å². The molecule has 0 saturated carbocycles. The number of rotatable bonds is 6. The highest BCUT2D eigenvalue weighted by atomic mass is 79.9. The van der Waals surface area contributed by atoms with Gasteiger partial charge in [0.2, 0.25) is 11.8 Å². The summed E-state index contributed by atoms with van der Waals surface area (Å²) in [6.45, 7) is 3.02. The van der Waals surface area contributed by atoms with E-state index < -0.39 is 42.3 Å². The zero-order valence-electron chi connectivity index (χ0n) is 21.5. The minimum absolute atomic E-state index is 0.255. The molecule has 1 N–H and O–H groups in total. The highest BCUT2D eigenvalue weighted by Gasteiger charge is 2.63. The summed E-state index contributed by atoms with van der Waals surface area (Å²) in [5, 5.41) is 2.68. The third-order valence-electron chi connectivity index (χ3n) is 8.11. The second kappa shape index (κ2) is 9.75. The lowest BCUT2D eigenvalue weighted by atomic mass is 9.55. The van der Waals surface area contributed by atoms with Crippen molar-refractivity contribution in [3.8, 4) is 0 Å². The summed E-state index contributed by atoms with van der Waals surface area (Å²) in [5.41, 5.74) is 4.83. The highest BCUT2D eigenvalue weighted by Crippen LogP contribution is 2.61. The van der Waals surface area contributed by atoms with Crippen LogP contribution in [0.25, 0.3) is 0 Å². The second-order valence-corrected chi connectivity index (χ2v) is 11.6. The van der Waals surface area contributed by atoms with Crippen LogP contribution in [0, 0.1) is 17.8 Å². The summed E-state index contributed by atoms with van der Waals surface area (Å²) >= 11 is 3.34. The van der Waals surface area contributed by atoms with E-state index in [1.165, 1.54) is 0 Å². The van der Waals surface area contributed by atoms with Gasteiger partial charge in [-0.05, 0) is 52.4 Å². The molecule has 2 bridgehead atoms. The number of esters is 1. The van der Waals surface area contributed by atoms with Crippen molar-refractivity contribution in [3.63, 3.8) is 0 Å². The Morgan fingerprint density at radius 1 is 0.821 bits per heavy atom. The van der Waals surface area contributed by atoms with Gasteiger partial charge in [0.25, 0.3) is 5.91 Å². The van der Waals surface area contributed by atoms with Gasteiger partial charge in [-0.15, -0.1) is 0 Å². The molecule has 3 aromatic carbocycles. The van der Waals surface area contributed by atoms with Crippen LogP contribution in [-0.2, 0) is 23.9 Å². The number of halogens is 1. The quantitative estimate of drug-likeness (QED) is 0.329. The third-order valence-corrected chi connectivity index (χ3v) is 8.64. The van der Waals surface area contributed by atoms with Gasteiger partial charge in [-0.25, -0.2) is 4.79 Å². The van der Waals surface area contributed by atoms with Crippen LogP contribution in [0.1, 0.15) is 47.9 Å². The Balaban J connectivity index is 1.26. The number of hydrogen-bond donors (Lipinski definition) is 1. The molecule has 0 spiro atoms. The fourth-order valence-corrected chi connectivity index (χ4v) is 6.87. The van der Waals surface area contributed by atoms with Crippen LogP contribution in [-0.4, -0.2) is 41.2 Å². The Kier molecular flexibility index (Phi) is 6.38. The van der Waals surface area contributed by atoms with E-state index in [-0.39, 0.29) is 23.7 Å². The van der Waals surface area contributed by atoms with E-state index in [0.717, 1.165) is 31.6 Å². The molecular formula is C31H27BrN2O5. The van der Waals surface area contributed by atoms with Crippen LogP contribution in [0.2, 0.25) is 0 Å². The molecule has 3 amide bonds. The molecule has 7 rings (SSSR count). The fourth-order valence-electron chi connectivity index (χ4n) is 6.60. The molecule has 3 aliphatic carbocycles. The monoisotopic (exact) mass is 586 g/mol. The molecule has 0 aromatic heterocycles. The van der Waals surface area contributed by atoms with Gasteiger partial charge in [-0.2, -0.15) is 0 Å². The van der Waals surface area contributed by atoms with Gasteiger partial charge >= 0.3 is 5.97 Å². The lowest BCUT2D eigenvalue weighted by Gasteiger charge is -2.45. The topological polar surface area (TPSA) is 92.8 Å². The summed E-state index contributed by atoms with van der Waals surface area (Å²) in [6, 6.07) is 21.9. The average molecular weight is 587 g/mol. The highest BCUT2D eigenvalue weighted by molar-refractivity contribution is 9.10. The summed E-state index contributed by atoms with van der Waals surface area (Å²) < 4.78 is 6.24. The van der Waals surface area contributed by atoms with Crippen LogP contribution in [0.3, 0.4) is 0 Å². The summed E-state index contributed by atoms with van der Waals surface area (Å²) in [7, 11) is 0. The molecule has 39 heavy (non-hydrogen) atoms. The second-order valence-electron chi connectivity index (χ2n) is 10.7. The molecule has 1 fully saturated rings. The lowest BCUT2D eigenvalue weighted by molar-refractivity contribution is -0.162. The average Bonchev–Trinajstić information content (AvgIpc) is 3.19. The smallest absolute Gasteiger partial charge is 0.330 e. The van der Waals surface area contributed by atoms with Gasteiger partial charge in [0.15, 0.2) is 6.61 Å². The maximum atomic E-state index is 14.0. The molecule has 1 aliphatic heterocycles. The Hall–Kier alpha value is -3.78. The molecule has 3 aromatic rings. The molecule has 198 valence electrons. The van der Waals surface area contributed by atoms with Crippen molar-refractivity contribution in [2.24, 2.45) is 17.8 Å². The van der Waals surface area contributed by atoms with E-state index in [4.69, 9.17) is 4.74 Å². The van der Waals surface area contributed by atoms with Crippen molar-refractivity contribution in [2.45, 2.75) is 31.7 Å². The van der Waals surface area contributed by atoms with Gasteiger partial charge in [0.1, 0.15) is 6.04 Å². The first-order chi connectivity index (χ1) is 18.8. The normalized spacial score (nSPS) is 23.2. The van der Waals surface area contributed by atoms with E-state index in [9.17, 15) is 19.2 Å². The number of imide groups is 1.